The van der Waals surface area contributed by atoms with E-state index in [4.69, 9.17) is 4.74 Å². The normalized spacial score (nSPS) is 35.9. The Balaban J connectivity index is 1.50. The van der Waals surface area contributed by atoms with Gasteiger partial charge in [-0.15, -0.1) is 0 Å². The van der Waals surface area contributed by atoms with Crippen molar-refractivity contribution in [3.8, 4) is 11.5 Å². The van der Waals surface area contributed by atoms with E-state index in [2.05, 4.69) is 9.08 Å². The smallest absolute Gasteiger partial charge is 0.477 e. The van der Waals surface area contributed by atoms with Gasteiger partial charge in [0.15, 0.2) is 23.4 Å². The molecule has 1 aromatic carbocycles. The van der Waals surface area contributed by atoms with Crippen molar-refractivity contribution in [2.24, 2.45) is 5.92 Å². The molecule has 6 rings (SSSR count). The Kier molecular flexibility index (Phi) is 4.00. The second kappa shape index (κ2) is 6.18. The molecule has 2 heterocycles. The van der Waals surface area contributed by atoms with Crippen molar-refractivity contribution in [2.75, 3.05) is 13.1 Å². The quantitative estimate of drug-likeness (QED) is 0.529. The van der Waals surface area contributed by atoms with Gasteiger partial charge in [0.1, 0.15) is 0 Å². The van der Waals surface area contributed by atoms with Crippen LogP contribution in [-0.4, -0.2) is 60.6 Å². The molecule has 5 aliphatic rings. The molecule has 3 fully saturated rings. The Bertz CT molecular complexity index is 1130. The molecule has 174 valence electrons. The second-order valence-electron chi connectivity index (χ2n) is 9.68. The summed E-state index contributed by atoms with van der Waals surface area (Å²) in [4.78, 5) is 15.2. The summed E-state index contributed by atoms with van der Waals surface area (Å²) in [6.45, 7) is 1.50. The van der Waals surface area contributed by atoms with Gasteiger partial charge >= 0.3 is 15.6 Å². The van der Waals surface area contributed by atoms with E-state index in [1.54, 1.807) is 6.07 Å². The van der Waals surface area contributed by atoms with Gasteiger partial charge < -0.3 is 14.0 Å². The van der Waals surface area contributed by atoms with Gasteiger partial charge in [0, 0.05) is 24.6 Å². The maximum absolute atomic E-state index is 12.9. The molecule has 2 unspecified atom stereocenters. The van der Waals surface area contributed by atoms with Crippen molar-refractivity contribution in [3.63, 3.8) is 0 Å². The first-order chi connectivity index (χ1) is 15.0. The number of piperidine rings is 1. The number of rotatable bonds is 4. The lowest BCUT2D eigenvalue weighted by Gasteiger charge is -2.62. The van der Waals surface area contributed by atoms with Crippen molar-refractivity contribution in [1.82, 2.24) is 4.90 Å². The van der Waals surface area contributed by atoms with Crippen LogP contribution in [0.5, 0.6) is 11.5 Å². The molecule has 2 bridgehead atoms. The minimum Gasteiger partial charge on any atom is -0.477 e. The summed E-state index contributed by atoms with van der Waals surface area (Å²) in [5, 5.41) is 12.1. The van der Waals surface area contributed by atoms with E-state index in [9.17, 15) is 31.5 Å². The van der Waals surface area contributed by atoms with Crippen LogP contribution in [0.3, 0.4) is 0 Å². The number of ether oxygens (including phenoxy) is 1. The monoisotopic (exact) mass is 473 g/mol. The molecular formula is C21H22F3NO6S. The average molecular weight is 473 g/mol. The third kappa shape index (κ3) is 2.50. The lowest BCUT2D eigenvalue weighted by Crippen LogP contribution is -2.76. The summed E-state index contributed by atoms with van der Waals surface area (Å²) >= 11 is 0. The number of ketones is 1. The number of Topliss-reactive ketones (excluding diaryl/α,β-unsaturated/α-hetero) is 1. The number of halogens is 3. The van der Waals surface area contributed by atoms with Gasteiger partial charge in [-0.2, -0.15) is 21.6 Å². The van der Waals surface area contributed by atoms with E-state index in [1.165, 1.54) is 0 Å². The summed E-state index contributed by atoms with van der Waals surface area (Å²) < 4.78 is 72.5. The molecule has 2 aliphatic heterocycles. The van der Waals surface area contributed by atoms with Crippen LogP contribution in [0.1, 0.15) is 43.2 Å². The second-order valence-corrected chi connectivity index (χ2v) is 11.2. The fourth-order valence-corrected chi connectivity index (χ4v) is 6.95. The van der Waals surface area contributed by atoms with Crippen molar-refractivity contribution >= 4 is 15.9 Å². The Hall–Kier alpha value is -1.85. The van der Waals surface area contributed by atoms with E-state index >= 15 is 0 Å². The zero-order chi connectivity index (χ0) is 22.7. The molecule has 1 saturated heterocycles. The minimum absolute atomic E-state index is 0.0943. The van der Waals surface area contributed by atoms with Gasteiger partial charge in [-0.05, 0) is 56.2 Å². The van der Waals surface area contributed by atoms with Gasteiger partial charge in [0.2, 0.25) is 0 Å². The topological polar surface area (TPSA) is 93.1 Å². The molecule has 11 heteroatoms. The highest BCUT2D eigenvalue weighted by molar-refractivity contribution is 7.88. The number of hydrogen-bond donors (Lipinski definition) is 1. The first-order valence-corrected chi connectivity index (χ1v) is 12.2. The molecule has 0 radical (unpaired) electrons. The molecule has 1 aromatic rings. The predicted molar refractivity (Wildman–Crippen MR) is 104 cm³/mol. The van der Waals surface area contributed by atoms with E-state index < -0.39 is 38.5 Å². The predicted octanol–water partition coefficient (Wildman–Crippen LogP) is 2.05. The summed E-state index contributed by atoms with van der Waals surface area (Å²) in [5.41, 5.74) is -6.82. The number of carbonyl (C=O) groups excluding carboxylic acids is 1. The van der Waals surface area contributed by atoms with Gasteiger partial charge in [0.05, 0.1) is 11.0 Å². The SMILES string of the molecule is O=C1CCC2(O)[C@H]3Cc4ccc(OS(=O)(=O)C(F)(F)F)c5c4[C@@]2(CCN3CC2CC2)C1O5. The number of benzene rings is 1. The molecule has 7 nitrogen and oxygen atoms in total. The molecule has 4 atom stereocenters. The van der Waals surface area contributed by atoms with Gasteiger partial charge in [-0.3, -0.25) is 9.69 Å². The largest absolute Gasteiger partial charge is 0.534 e. The number of hydrogen-bond acceptors (Lipinski definition) is 7. The maximum Gasteiger partial charge on any atom is 0.534 e. The minimum atomic E-state index is -5.92. The molecule has 32 heavy (non-hydrogen) atoms. The van der Waals surface area contributed by atoms with Crippen LogP contribution in [0.25, 0.3) is 0 Å². The zero-order valence-corrected chi connectivity index (χ0v) is 17.8. The average Bonchev–Trinajstić information content (AvgIpc) is 3.44. The number of aliphatic hydroxyl groups is 1. The van der Waals surface area contributed by atoms with Crippen LogP contribution in [0.15, 0.2) is 12.1 Å². The maximum atomic E-state index is 12.9. The Morgan fingerprint density at radius 1 is 1.25 bits per heavy atom. The third-order valence-electron chi connectivity index (χ3n) is 8.03. The number of likely N-dealkylation sites (tertiary alicyclic amines) is 1. The summed E-state index contributed by atoms with van der Waals surface area (Å²) in [6, 6.07) is 2.46. The van der Waals surface area contributed by atoms with Gasteiger partial charge in [-0.25, -0.2) is 0 Å². The molecular weight excluding hydrogens is 451 g/mol. The van der Waals surface area contributed by atoms with Crippen LogP contribution in [0.2, 0.25) is 0 Å². The van der Waals surface area contributed by atoms with Crippen molar-refractivity contribution in [3.05, 3.63) is 23.3 Å². The lowest BCUT2D eigenvalue weighted by atomic mass is 9.49. The van der Waals surface area contributed by atoms with Gasteiger partial charge in [-0.1, -0.05) is 6.07 Å². The number of carbonyl (C=O) groups is 1. The molecule has 2 saturated carbocycles. The standard InChI is InChI=1S/C21H22F3NO6S/c22-21(23,24)32(28,29)31-14-4-3-12-9-15-20(27)6-5-13(26)18-19(20,16(12)17(14)30-18)7-8-25(15)10-11-1-2-11/h3-4,11,15,18,27H,1-2,5-10H2/t15-,18?,19+,20?/m1/s1. The fourth-order valence-electron chi connectivity index (χ4n) is 6.48. The Morgan fingerprint density at radius 3 is 2.69 bits per heavy atom. The van der Waals surface area contributed by atoms with Gasteiger partial charge in [0.25, 0.3) is 0 Å². The Morgan fingerprint density at radius 2 is 2.00 bits per heavy atom. The van der Waals surface area contributed by atoms with E-state index in [0.29, 0.717) is 30.9 Å². The van der Waals surface area contributed by atoms with Crippen molar-refractivity contribution in [2.45, 2.75) is 67.2 Å². The Labute approximate surface area is 182 Å². The highest BCUT2D eigenvalue weighted by Gasteiger charge is 2.73. The molecule has 1 N–H and O–H groups in total. The summed E-state index contributed by atoms with van der Waals surface area (Å²) in [7, 11) is -5.92. The lowest BCUT2D eigenvalue weighted by molar-refractivity contribution is -0.188. The zero-order valence-electron chi connectivity index (χ0n) is 17.0. The molecule has 1 spiro atoms. The molecule has 0 amide bonds. The number of nitrogens with zero attached hydrogens (tertiary/aromatic N) is 1. The van der Waals surface area contributed by atoms with E-state index in [1.807, 2.05) is 0 Å². The van der Waals surface area contributed by atoms with Crippen LogP contribution in [0, 0.1) is 5.92 Å². The summed E-state index contributed by atoms with van der Waals surface area (Å²) in [6.07, 6.45) is 2.43. The fraction of sp³-hybridized carbons (Fsp3) is 0.667. The number of alkyl halides is 3. The highest BCUT2D eigenvalue weighted by Crippen LogP contribution is 2.65. The molecule has 0 aromatic heterocycles. The van der Waals surface area contributed by atoms with E-state index in [0.717, 1.165) is 31.0 Å². The van der Waals surface area contributed by atoms with Crippen LogP contribution in [0.4, 0.5) is 13.2 Å². The van der Waals surface area contributed by atoms with Crippen LogP contribution < -0.4 is 8.92 Å². The van der Waals surface area contributed by atoms with Crippen LogP contribution >= 0.6 is 0 Å². The molecule has 3 aliphatic carbocycles. The van der Waals surface area contributed by atoms with Crippen molar-refractivity contribution in [1.29, 1.82) is 0 Å². The first kappa shape index (κ1) is 20.7. The van der Waals surface area contributed by atoms with Crippen LogP contribution in [-0.2, 0) is 26.7 Å². The van der Waals surface area contributed by atoms with E-state index in [-0.39, 0.29) is 30.4 Å². The summed E-state index contributed by atoms with van der Waals surface area (Å²) in [5.74, 6) is -0.395. The first-order valence-electron chi connectivity index (χ1n) is 10.8. The van der Waals surface area contributed by atoms with Crippen molar-refractivity contribution < 1.29 is 40.4 Å². The third-order valence-corrected chi connectivity index (χ3v) is 8.99. The highest BCUT2D eigenvalue weighted by atomic mass is 32.2.